The summed E-state index contributed by atoms with van der Waals surface area (Å²) in [4.78, 5) is 0. The molecule has 0 amide bonds. The molecule has 3 heterocycles. The fourth-order valence-electron chi connectivity index (χ4n) is 6.51. The first kappa shape index (κ1) is 28.3. The lowest BCUT2D eigenvalue weighted by Gasteiger charge is -2.21. The maximum Gasteiger partial charge on any atom is 0.231 e. The number of pyridine rings is 1. The number of ether oxygens (including phenoxy) is 4. The smallest absolute Gasteiger partial charge is 0.231 e. The lowest BCUT2D eigenvalue weighted by molar-refractivity contribution is -0.686. The SMILES string of the molecule is COc1ccc2c(Cc3ccc(C(C)C)cc3)c3[n+](cc2c1OCc1ccc(C(C)C)cc1)CCc1cc2c(cc1-3)OCO2. The van der Waals surface area contributed by atoms with Gasteiger partial charge in [0.25, 0.3) is 0 Å². The second-order valence-corrected chi connectivity index (χ2v) is 12.6. The maximum atomic E-state index is 6.62. The number of hydrogen-bond acceptors (Lipinski definition) is 4. The van der Waals surface area contributed by atoms with Gasteiger partial charge in [-0.05, 0) is 63.9 Å². The zero-order valence-corrected chi connectivity index (χ0v) is 26.3. The summed E-state index contributed by atoms with van der Waals surface area (Å²) in [6.07, 6.45) is 3.96. The van der Waals surface area contributed by atoms with E-state index in [0.29, 0.717) is 18.4 Å². The molecule has 0 saturated carbocycles. The molecule has 224 valence electrons. The molecule has 2 aliphatic heterocycles. The molecule has 1 aromatic heterocycles. The Morgan fingerprint density at radius 1 is 0.773 bits per heavy atom. The van der Waals surface area contributed by atoms with Gasteiger partial charge >= 0.3 is 0 Å². The van der Waals surface area contributed by atoms with Crippen LogP contribution in [0.4, 0.5) is 0 Å². The molecule has 0 unspecified atom stereocenters. The van der Waals surface area contributed by atoms with Crippen LogP contribution in [0.2, 0.25) is 0 Å². The van der Waals surface area contributed by atoms with Gasteiger partial charge in [-0.2, -0.15) is 4.57 Å². The molecule has 0 spiro atoms. The van der Waals surface area contributed by atoms with Crippen molar-refractivity contribution in [2.45, 2.75) is 65.5 Å². The summed E-state index contributed by atoms with van der Waals surface area (Å²) in [7, 11) is 1.72. The molecule has 0 radical (unpaired) electrons. The van der Waals surface area contributed by atoms with E-state index in [0.717, 1.165) is 53.3 Å². The Morgan fingerprint density at radius 3 is 2.09 bits per heavy atom. The van der Waals surface area contributed by atoms with Crippen LogP contribution in [0.25, 0.3) is 22.0 Å². The number of methoxy groups -OCH3 is 1. The molecule has 0 atom stereocenters. The van der Waals surface area contributed by atoms with Crippen molar-refractivity contribution in [1.82, 2.24) is 0 Å². The largest absolute Gasteiger partial charge is 0.493 e. The molecule has 5 heteroatoms. The first-order chi connectivity index (χ1) is 21.4. The van der Waals surface area contributed by atoms with Gasteiger partial charge in [-0.1, -0.05) is 76.2 Å². The van der Waals surface area contributed by atoms with Gasteiger partial charge in [0.15, 0.2) is 35.7 Å². The third-order valence-electron chi connectivity index (χ3n) is 9.10. The van der Waals surface area contributed by atoms with E-state index in [2.05, 4.69) is 105 Å². The summed E-state index contributed by atoms with van der Waals surface area (Å²) in [6.45, 7) is 10.5. The molecule has 0 bridgehead atoms. The summed E-state index contributed by atoms with van der Waals surface area (Å²) < 4.78 is 26.5. The highest BCUT2D eigenvalue weighted by molar-refractivity contribution is 5.95. The average Bonchev–Trinajstić information content (AvgIpc) is 3.50. The van der Waals surface area contributed by atoms with Crippen molar-refractivity contribution >= 4 is 10.8 Å². The molecule has 5 nitrogen and oxygen atoms in total. The third kappa shape index (κ3) is 5.15. The second-order valence-electron chi connectivity index (χ2n) is 12.6. The molecule has 0 N–H and O–H groups in total. The van der Waals surface area contributed by atoms with Gasteiger partial charge in [0.1, 0.15) is 6.61 Å². The van der Waals surface area contributed by atoms with Gasteiger partial charge in [0.2, 0.25) is 12.5 Å². The molecule has 0 saturated heterocycles. The number of fused-ring (bicyclic) bond motifs is 5. The van der Waals surface area contributed by atoms with Crippen molar-refractivity contribution < 1.29 is 23.5 Å². The predicted octanol–water partition coefficient (Wildman–Crippen LogP) is 8.50. The first-order valence-corrected chi connectivity index (χ1v) is 15.7. The van der Waals surface area contributed by atoms with Crippen molar-refractivity contribution in [3.8, 4) is 34.3 Å². The Hall–Kier alpha value is -4.51. The van der Waals surface area contributed by atoms with E-state index in [1.165, 1.54) is 44.5 Å². The minimum Gasteiger partial charge on any atom is -0.493 e. The molecular weight excluding hydrogens is 546 g/mol. The predicted molar refractivity (Wildman–Crippen MR) is 174 cm³/mol. The number of rotatable bonds is 8. The molecule has 2 aliphatic rings. The van der Waals surface area contributed by atoms with Crippen molar-refractivity contribution in [2.75, 3.05) is 13.9 Å². The van der Waals surface area contributed by atoms with Crippen LogP contribution in [-0.2, 0) is 26.0 Å². The van der Waals surface area contributed by atoms with Crippen LogP contribution < -0.4 is 23.5 Å². The van der Waals surface area contributed by atoms with Crippen LogP contribution in [0.15, 0.2) is 79.0 Å². The highest BCUT2D eigenvalue weighted by Gasteiger charge is 2.32. The number of aryl methyl sites for hydroxylation is 2. The van der Waals surface area contributed by atoms with Crippen molar-refractivity contribution in [3.05, 3.63) is 112 Å². The van der Waals surface area contributed by atoms with E-state index in [1.807, 2.05) is 6.07 Å². The summed E-state index contributed by atoms with van der Waals surface area (Å²) in [5, 5.41) is 2.23. The fourth-order valence-corrected chi connectivity index (χ4v) is 6.51. The van der Waals surface area contributed by atoms with E-state index in [1.54, 1.807) is 7.11 Å². The number of benzene rings is 4. The van der Waals surface area contributed by atoms with Crippen LogP contribution >= 0.6 is 0 Å². The Morgan fingerprint density at radius 2 is 1.43 bits per heavy atom. The Balaban J connectivity index is 1.37. The van der Waals surface area contributed by atoms with Crippen molar-refractivity contribution in [3.63, 3.8) is 0 Å². The monoisotopic (exact) mass is 586 g/mol. The van der Waals surface area contributed by atoms with Crippen LogP contribution in [0.3, 0.4) is 0 Å². The van der Waals surface area contributed by atoms with Crippen molar-refractivity contribution in [1.29, 1.82) is 0 Å². The minimum absolute atomic E-state index is 0.270. The molecule has 4 aromatic carbocycles. The normalized spacial score (nSPS) is 13.3. The molecule has 0 fully saturated rings. The van der Waals surface area contributed by atoms with E-state index in [-0.39, 0.29) is 6.79 Å². The van der Waals surface area contributed by atoms with Gasteiger partial charge in [0.05, 0.1) is 18.1 Å². The zero-order chi connectivity index (χ0) is 30.4. The van der Waals surface area contributed by atoms with Crippen LogP contribution in [0.1, 0.15) is 72.9 Å². The molecule has 5 aromatic rings. The highest BCUT2D eigenvalue weighted by atomic mass is 16.7. The van der Waals surface area contributed by atoms with Gasteiger partial charge < -0.3 is 18.9 Å². The van der Waals surface area contributed by atoms with Crippen molar-refractivity contribution in [2.24, 2.45) is 0 Å². The summed E-state index contributed by atoms with van der Waals surface area (Å²) in [5.74, 6) is 4.16. The van der Waals surface area contributed by atoms with Gasteiger partial charge in [-0.25, -0.2) is 0 Å². The summed E-state index contributed by atoms with van der Waals surface area (Å²) >= 11 is 0. The lowest BCUT2D eigenvalue weighted by atomic mass is 9.88. The van der Waals surface area contributed by atoms with Gasteiger partial charge in [0, 0.05) is 23.8 Å². The van der Waals surface area contributed by atoms with E-state index >= 15 is 0 Å². The van der Waals surface area contributed by atoms with Gasteiger partial charge in [-0.3, -0.25) is 0 Å². The Bertz CT molecular complexity index is 1840. The lowest BCUT2D eigenvalue weighted by Crippen LogP contribution is -2.41. The topological polar surface area (TPSA) is 40.8 Å². The minimum atomic E-state index is 0.270. The summed E-state index contributed by atoms with van der Waals surface area (Å²) in [6, 6.07) is 26.4. The second kappa shape index (κ2) is 11.5. The zero-order valence-electron chi connectivity index (χ0n) is 26.3. The molecule has 0 aliphatic carbocycles. The van der Waals surface area contributed by atoms with Crippen LogP contribution in [0, 0.1) is 0 Å². The average molecular weight is 587 g/mol. The third-order valence-corrected chi connectivity index (χ3v) is 9.10. The first-order valence-electron chi connectivity index (χ1n) is 15.7. The Labute approximate surface area is 260 Å². The van der Waals surface area contributed by atoms with Crippen LogP contribution in [0.5, 0.6) is 23.0 Å². The molecule has 7 rings (SSSR count). The molecule has 44 heavy (non-hydrogen) atoms. The Kier molecular flexibility index (Phi) is 7.41. The van der Waals surface area contributed by atoms with E-state index in [4.69, 9.17) is 18.9 Å². The van der Waals surface area contributed by atoms with E-state index in [9.17, 15) is 0 Å². The quantitative estimate of drug-likeness (QED) is 0.171. The maximum absolute atomic E-state index is 6.62. The highest BCUT2D eigenvalue weighted by Crippen LogP contribution is 2.44. The standard InChI is InChI=1S/C39H40NO4/c1-24(2)28-10-6-26(7-11-28)18-33-31-14-15-35(41-5)39(42-22-27-8-12-29(13-9-27)25(3)4)34(31)21-40-17-16-30-19-36-37(44-23-43-36)20-32(30)38(33)40/h6-15,19-21,24-25H,16-18,22-23H2,1-5H3/q+1. The molecular formula is C39H40NO4+. The summed E-state index contributed by atoms with van der Waals surface area (Å²) in [5.41, 5.74) is 10.1. The number of hydrogen-bond donors (Lipinski definition) is 0. The van der Waals surface area contributed by atoms with Crippen LogP contribution in [-0.4, -0.2) is 13.9 Å². The van der Waals surface area contributed by atoms with Gasteiger partial charge in [-0.15, -0.1) is 0 Å². The number of nitrogens with zero attached hydrogens (tertiary/aromatic N) is 1. The fraction of sp³-hybridized carbons (Fsp3) is 0.308. The number of aromatic nitrogens is 1. The van der Waals surface area contributed by atoms with E-state index < -0.39 is 0 Å².